The van der Waals surface area contributed by atoms with Crippen LogP contribution in [0.25, 0.3) is 0 Å². The molecule has 1 aromatic heterocycles. The molecule has 1 atom stereocenters. The predicted molar refractivity (Wildman–Crippen MR) is 113 cm³/mol. The van der Waals surface area contributed by atoms with Crippen molar-refractivity contribution in [2.24, 2.45) is 12.0 Å². The Morgan fingerprint density at radius 2 is 1.75 bits per heavy atom. The number of aromatic nitrogens is 3. The molecule has 1 heterocycles. The monoisotopic (exact) mass is 376 g/mol. The Morgan fingerprint density at radius 1 is 1.04 bits per heavy atom. The van der Waals surface area contributed by atoms with Crippen LogP contribution in [0.4, 0.5) is 0 Å². The maximum Gasteiger partial charge on any atom is 0.192 e. The summed E-state index contributed by atoms with van der Waals surface area (Å²) in [5.41, 5.74) is 3.68. The summed E-state index contributed by atoms with van der Waals surface area (Å²) in [5, 5.41) is 15.3. The predicted octanol–water partition coefficient (Wildman–Crippen LogP) is 3.43. The minimum Gasteiger partial charge on any atom is -0.350 e. The lowest BCUT2D eigenvalue weighted by molar-refractivity contribution is 0.661. The fraction of sp³-hybridized carbons (Fsp3) is 0.318. The number of nitrogens with zero attached hydrogens (tertiary/aromatic N) is 4. The lowest BCUT2D eigenvalue weighted by Gasteiger charge is -2.20. The smallest absolute Gasteiger partial charge is 0.192 e. The molecule has 28 heavy (non-hydrogen) atoms. The van der Waals surface area contributed by atoms with E-state index in [1.54, 1.807) is 0 Å². The average Bonchev–Trinajstić information content (AvgIpc) is 3.03. The van der Waals surface area contributed by atoms with E-state index >= 15 is 0 Å². The van der Waals surface area contributed by atoms with Crippen molar-refractivity contribution in [3.05, 3.63) is 82.9 Å². The van der Waals surface area contributed by atoms with Gasteiger partial charge in [0.2, 0.25) is 0 Å². The van der Waals surface area contributed by atoms with Crippen molar-refractivity contribution in [2.45, 2.75) is 39.9 Å². The first kappa shape index (κ1) is 19.6. The number of benzene rings is 2. The molecule has 0 bridgehead atoms. The van der Waals surface area contributed by atoms with E-state index in [4.69, 9.17) is 4.99 Å². The number of hydrogen-bond donors (Lipinski definition) is 2. The van der Waals surface area contributed by atoms with Crippen LogP contribution in [0.5, 0.6) is 0 Å². The number of aliphatic imine (C=N–C) groups is 1. The molecule has 6 nitrogen and oxygen atoms in total. The minimum atomic E-state index is 0.129. The highest BCUT2D eigenvalue weighted by atomic mass is 15.3. The first-order chi connectivity index (χ1) is 13.5. The molecule has 0 amide bonds. The first-order valence-electron chi connectivity index (χ1n) is 9.53. The summed E-state index contributed by atoms with van der Waals surface area (Å²) in [6.07, 6.45) is 0. The number of hydrogen-bond acceptors (Lipinski definition) is 3. The molecule has 0 aliphatic rings. The Kier molecular flexibility index (Phi) is 6.42. The quantitative estimate of drug-likeness (QED) is 0.511. The molecule has 0 saturated carbocycles. The summed E-state index contributed by atoms with van der Waals surface area (Å²) in [6.45, 7) is 7.38. The van der Waals surface area contributed by atoms with Gasteiger partial charge in [0.05, 0.1) is 19.1 Å². The van der Waals surface area contributed by atoms with Gasteiger partial charge in [0.1, 0.15) is 5.82 Å². The maximum absolute atomic E-state index is 4.78. The summed E-state index contributed by atoms with van der Waals surface area (Å²) in [6, 6.07) is 18.8. The van der Waals surface area contributed by atoms with E-state index in [0.717, 1.165) is 17.6 Å². The molecule has 2 aromatic carbocycles. The van der Waals surface area contributed by atoms with Gasteiger partial charge in [-0.15, -0.1) is 10.2 Å². The van der Waals surface area contributed by atoms with Crippen molar-refractivity contribution >= 4 is 5.96 Å². The Balaban J connectivity index is 1.75. The third kappa shape index (κ3) is 4.97. The minimum absolute atomic E-state index is 0.129. The number of guanidine groups is 1. The van der Waals surface area contributed by atoms with Crippen LogP contribution in [0.2, 0.25) is 0 Å². The molecule has 6 heteroatoms. The van der Waals surface area contributed by atoms with Gasteiger partial charge < -0.3 is 15.2 Å². The van der Waals surface area contributed by atoms with Crippen molar-refractivity contribution in [3.8, 4) is 0 Å². The standard InChI is InChI=1S/C22H28N6/c1-16-10-8-9-13-20(16)17(2)25-22(23-14-19-11-6-5-7-12-19)24-15-21-27-26-18(3)28(21)4/h5-13,17H,14-15H2,1-4H3,(H2,23,24,25). The molecule has 0 spiro atoms. The first-order valence-corrected chi connectivity index (χ1v) is 9.53. The maximum atomic E-state index is 4.78. The van der Waals surface area contributed by atoms with Crippen molar-refractivity contribution in [3.63, 3.8) is 0 Å². The molecule has 0 saturated heterocycles. The van der Waals surface area contributed by atoms with Gasteiger partial charge in [0.15, 0.2) is 11.8 Å². The van der Waals surface area contributed by atoms with Gasteiger partial charge >= 0.3 is 0 Å². The summed E-state index contributed by atoms with van der Waals surface area (Å²) in [7, 11) is 1.97. The molecular formula is C22H28N6. The topological polar surface area (TPSA) is 67.1 Å². The van der Waals surface area contributed by atoms with E-state index in [-0.39, 0.29) is 6.04 Å². The van der Waals surface area contributed by atoms with Crippen LogP contribution in [0.15, 0.2) is 59.6 Å². The number of nitrogens with one attached hydrogen (secondary N) is 2. The van der Waals surface area contributed by atoms with Crippen LogP contribution in [0.3, 0.4) is 0 Å². The second-order valence-corrected chi connectivity index (χ2v) is 6.95. The molecule has 146 valence electrons. The third-order valence-corrected chi connectivity index (χ3v) is 4.87. The summed E-state index contributed by atoms with van der Waals surface area (Å²) >= 11 is 0. The van der Waals surface area contributed by atoms with Crippen molar-refractivity contribution < 1.29 is 0 Å². The van der Waals surface area contributed by atoms with Crippen LogP contribution >= 0.6 is 0 Å². The van der Waals surface area contributed by atoms with E-state index in [1.165, 1.54) is 16.7 Å². The summed E-state index contributed by atoms with van der Waals surface area (Å²) in [5.74, 6) is 2.51. The zero-order valence-electron chi connectivity index (χ0n) is 17.0. The van der Waals surface area contributed by atoms with Gasteiger partial charge in [-0.3, -0.25) is 0 Å². The normalized spacial score (nSPS) is 12.6. The van der Waals surface area contributed by atoms with Gasteiger partial charge in [0.25, 0.3) is 0 Å². The zero-order chi connectivity index (χ0) is 19.9. The molecule has 2 N–H and O–H groups in total. The van der Waals surface area contributed by atoms with Gasteiger partial charge in [0, 0.05) is 7.05 Å². The highest BCUT2D eigenvalue weighted by Gasteiger charge is 2.11. The Hall–Kier alpha value is -3.15. The van der Waals surface area contributed by atoms with Gasteiger partial charge in [-0.05, 0) is 37.5 Å². The lowest BCUT2D eigenvalue weighted by atomic mass is 10.0. The van der Waals surface area contributed by atoms with E-state index in [2.05, 4.69) is 71.1 Å². The lowest BCUT2D eigenvalue weighted by Crippen LogP contribution is -2.39. The SMILES string of the molecule is Cc1ccccc1C(C)NC(=NCc1ccccc1)NCc1nnc(C)n1C. The van der Waals surface area contributed by atoms with Crippen LogP contribution < -0.4 is 10.6 Å². The molecular weight excluding hydrogens is 348 g/mol. The number of aryl methyl sites for hydroxylation is 2. The molecule has 0 aliphatic carbocycles. The molecule has 1 unspecified atom stereocenters. The highest BCUT2D eigenvalue weighted by molar-refractivity contribution is 5.80. The fourth-order valence-corrected chi connectivity index (χ4v) is 3.03. The van der Waals surface area contributed by atoms with Gasteiger partial charge in [-0.25, -0.2) is 4.99 Å². The third-order valence-electron chi connectivity index (χ3n) is 4.87. The second kappa shape index (κ2) is 9.17. The summed E-state index contributed by atoms with van der Waals surface area (Å²) < 4.78 is 1.98. The summed E-state index contributed by atoms with van der Waals surface area (Å²) in [4.78, 5) is 4.78. The largest absolute Gasteiger partial charge is 0.350 e. The van der Waals surface area contributed by atoms with Crippen LogP contribution in [0, 0.1) is 13.8 Å². The van der Waals surface area contributed by atoms with Crippen molar-refractivity contribution in [2.75, 3.05) is 0 Å². The molecule has 3 aromatic rings. The average molecular weight is 377 g/mol. The highest BCUT2D eigenvalue weighted by Crippen LogP contribution is 2.16. The van der Waals surface area contributed by atoms with Crippen molar-refractivity contribution in [1.82, 2.24) is 25.4 Å². The second-order valence-electron chi connectivity index (χ2n) is 6.95. The Morgan fingerprint density at radius 3 is 2.43 bits per heavy atom. The van der Waals surface area contributed by atoms with Gasteiger partial charge in [-0.2, -0.15) is 0 Å². The van der Waals surface area contributed by atoms with Crippen LogP contribution in [-0.4, -0.2) is 20.7 Å². The number of rotatable bonds is 6. The fourth-order valence-electron chi connectivity index (χ4n) is 3.03. The molecule has 0 fully saturated rings. The van der Waals surface area contributed by atoms with Crippen molar-refractivity contribution in [1.29, 1.82) is 0 Å². The van der Waals surface area contributed by atoms with E-state index in [0.29, 0.717) is 13.1 Å². The van der Waals surface area contributed by atoms with E-state index < -0.39 is 0 Å². The van der Waals surface area contributed by atoms with Gasteiger partial charge in [-0.1, -0.05) is 54.6 Å². The van der Waals surface area contributed by atoms with Crippen LogP contribution in [-0.2, 0) is 20.1 Å². The Labute approximate surface area is 166 Å². The molecule has 0 radical (unpaired) electrons. The molecule has 3 rings (SSSR count). The zero-order valence-corrected chi connectivity index (χ0v) is 17.0. The Bertz CT molecular complexity index is 929. The van der Waals surface area contributed by atoms with E-state index in [9.17, 15) is 0 Å². The molecule has 0 aliphatic heterocycles. The van der Waals surface area contributed by atoms with E-state index in [1.807, 2.05) is 36.7 Å². The van der Waals surface area contributed by atoms with Crippen LogP contribution in [0.1, 0.15) is 41.3 Å².